The third kappa shape index (κ3) is 4.12. The summed E-state index contributed by atoms with van der Waals surface area (Å²) in [5.74, 6) is -0.763. The van der Waals surface area contributed by atoms with E-state index in [-0.39, 0.29) is 71.0 Å². The first-order chi connectivity index (χ1) is 7.71. The van der Waals surface area contributed by atoms with Crippen LogP contribution < -0.4 is 5.32 Å². The summed E-state index contributed by atoms with van der Waals surface area (Å²) in [7, 11) is 0. The van der Waals surface area contributed by atoms with Crippen LogP contribution in [0.3, 0.4) is 0 Å². The Morgan fingerprint density at radius 1 is 1.41 bits per heavy atom. The van der Waals surface area contributed by atoms with E-state index >= 15 is 0 Å². The molecule has 1 unspecified atom stereocenters. The van der Waals surface area contributed by atoms with E-state index in [0.29, 0.717) is 6.54 Å². The minimum absolute atomic E-state index is 0. The van der Waals surface area contributed by atoms with Gasteiger partial charge in [0.15, 0.2) is 0 Å². The molecule has 17 heavy (non-hydrogen) atoms. The number of nitrogens with one attached hydrogen (secondary N) is 1. The Morgan fingerprint density at radius 2 is 2.12 bits per heavy atom. The molecule has 1 aliphatic rings. The van der Waals surface area contributed by atoms with Crippen molar-refractivity contribution in [2.75, 3.05) is 13.1 Å². The fourth-order valence-corrected chi connectivity index (χ4v) is 1.69. The van der Waals surface area contributed by atoms with Crippen LogP contribution in [-0.4, -0.2) is 76.1 Å². The first-order valence-corrected chi connectivity index (χ1v) is 5.31. The molecule has 1 heterocycles. The summed E-state index contributed by atoms with van der Waals surface area (Å²) < 4.78 is 18.8. The van der Waals surface area contributed by atoms with Crippen molar-refractivity contribution in [3.8, 4) is 0 Å². The van der Waals surface area contributed by atoms with E-state index in [1.807, 2.05) is 30.3 Å². The molecule has 0 aliphatic carbocycles. The summed E-state index contributed by atoms with van der Waals surface area (Å²) in [5.41, 5.74) is -0.972. The second-order valence-electron chi connectivity index (χ2n) is 3.95. The van der Waals surface area contributed by atoms with Gasteiger partial charge in [0, 0.05) is 13.0 Å². The molecular formula is C12H15FKNO2. The number of ether oxygens (including phenoxy) is 1. The Balaban J connectivity index is 0.00000144. The van der Waals surface area contributed by atoms with Crippen molar-refractivity contribution in [2.45, 2.75) is 18.7 Å². The molecule has 88 valence electrons. The molecule has 0 aromatic heterocycles. The number of rotatable bonds is 3. The van der Waals surface area contributed by atoms with Crippen LogP contribution in [0.4, 0.5) is 4.39 Å². The quantitative estimate of drug-likeness (QED) is 0.647. The molecule has 1 N–H and O–H groups in total. The zero-order chi connectivity index (χ0) is 11.4. The van der Waals surface area contributed by atoms with Gasteiger partial charge >= 0.3 is 57.4 Å². The van der Waals surface area contributed by atoms with Gasteiger partial charge in [-0.25, -0.2) is 9.18 Å². The molecule has 2 rings (SSSR count). The summed E-state index contributed by atoms with van der Waals surface area (Å²) in [5, 5.41) is 2.82. The molecule has 0 saturated carbocycles. The van der Waals surface area contributed by atoms with Crippen molar-refractivity contribution in [3.05, 3.63) is 35.9 Å². The first-order valence-electron chi connectivity index (χ1n) is 5.31. The molecular weight excluding hydrogens is 248 g/mol. The predicted molar refractivity (Wildman–Crippen MR) is 64.7 cm³/mol. The molecule has 1 saturated heterocycles. The summed E-state index contributed by atoms with van der Waals surface area (Å²) in [6, 6.07) is 9.26. The van der Waals surface area contributed by atoms with Crippen molar-refractivity contribution < 1.29 is 13.9 Å². The Hall–Kier alpha value is 0.216. The number of benzene rings is 1. The maximum atomic E-state index is 13.9. The molecule has 1 atom stereocenters. The topological polar surface area (TPSA) is 38.3 Å². The third-order valence-electron chi connectivity index (χ3n) is 2.68. The van der Waals surface area contributed by atoms with Crippen LogP contribution in [0, 0.1) is 0 Å². The van der Waals surface area contributed by atoms with Crippen LogP contribution >= 0.6 is 0 Å². The van der Waals surface area contributed by atoms with Gasteiger partial charge in [0.1, 0.15) is 6.61 Å². The molecule has 1 fully saturated rings. The number of carbonyl (C=O) groups is 1. The van der Waals surface area contributed by atoms with E-state index in [4.69, 9.17) is 4.74 Å². The van der Waals surface area contributed by atoms with Crippen LogP contribution in [0.2, 0.25) is 0 Å². The van der Waals surface area contributed by atoms with Gasteiger partial charge in [-0.1, -0.05) is 30.3 Å². The molecule has 0 radical (unpaired) electrons. The van der Waals surface area contributed by atoms with E-state index in [9.17, 15) is 9.18 Å². The monoisotopic (exact) mass is 263 g/mol. The number of alkyl halides is 1. The van der Waals surface area contributed by atoms with Crippen LogP contribution in [0.15, 0.2) is 30.3 Å². The molecule has 1 aliphatic heterocycles. The Labute approximate surface area is 143 Å². The third-order valence-corrected chi connectivity index (χ3v) is 2.68. The van der Waals surface area contributed by atoms with Crippen molar-refractivity contribution in [1.82, 2.24) is 5.32 Å². The van der Waals surface area contributed by atoms with Crippen molar-refractivity contribution in [1.29, 1.82) is 0 Å². The van der Waals surface area contributed by atoms with Crippen molar-refractivity contribution >= 4 is 57.4 Å². The number of halogens is 1. The maximum absolute atomic E-state index is 13.9. The molecule has 5 heteroatoms. The Morgan fingerprint density at radius 3 is 2.71 bits per heavy atom. The average molecular weight is 263 g/mol. The van der Waals surface area contributed by atoms with Crippen LogP contribution in [0.25, 0.3) is 0 Å². The molecule has 0 amide bonds. The normalized spacial score (nSPS) is 22.9. The van der Waals surface area contributed by atoms with Crippen LogP contribution in [-0.2, 0) is 16.1 Å². The number of hydrogen-bond donors (Lipinski definition) is 1. The molecule has 1 aromatic rings. The van der Waals surface area contributed by atoms with Gasteiger partial charge in [-0.3, -0.25) is 0 Å². The van der Waals surface area contributed by atoms with Crippen molar-refractivity contribution in [2.24, 2.45) is 0 Å². The van der Waals surface area contributed by atoms with E-state index in [0.717, 1.165) is 5.56 Å². The predicted octanol–water partition coefficient (Wildman–Crippen LogP) is 0.783. The summed E-state index contributed by atoms with van der Waals surface area (Å²) in [4.78, 5) is 11.5. The molecule has 0 spiro atoms. The Bertz CT molecular complexity index is 366. The Kier molecular flexibility index (Phi) is 6.26. The van der Waals surface area contributed by atoms with E-state index in [1.165, 1.54) is 0 Å². The summed E-state index contributed by atoms with van der Waals surface area (Å²) in [6.07, 6.45) is 0.195. The van der Waals surface area contributed by atoms with E-state index in [2.05, 4.69) is 5.32 Å². The van der Waals surface area contributed by atoms with Gasteiger partial charge in [-0.15, -0.1) is 0 Å². The standard InChI is InChI=1S/C12H14FNO2.K.H/c13-12(6-7-14-9-12)11(15)16-8-10-4-2-1-3-5-10;;/h1-5,14H,6-9H2;;. The zero-order valence-electron chi connectivity index (χ0n) is 8.91. The first kappa shape index (κ1) is 15.3. The second kappa shape index (κ2) is 6.97. The second-order valence-corrected chi connectivity index (χ2v) is 3.95. The van der Waals surface area contributed by atoms with E-state index in [1.54, 1.807) is 0 Å². The molecule has 3 nitrogen and oxygen atoms in total. The molecule has 1 aromatic carbocycles. The number of esters is 1. The van der Waals surface area contributed by atoms with Crippen LogP contribution in [0.5, 0.6) is 0 Å². The van der Waals surface area contributed by atoms with Gasteiger partial charge in [-0.2, -0.15) is 0 Å². The summed E-state index contributed by atoms with van der Waals surface area (Å²) in [6.45, 7) is 0.711. The van der Waals surface area contributed by atoms with Gasteiger partial charge in [0.25, 0.3) is 0 Å². The van der Waals surface area contributed by atoms with Gasteiger partial charge in [0.05, 0.1) is 0 Å². The number of hydrogen-bond acceptors (Lipinski definition) is 3. The zero-order valence-corrected chi connectivity index (χ0v) is 8.91. The van der Waals surface area contributed by atoms with Crippen molar-refractivity contribution in [3.63, 3.8) is 0 Å². The number of carbonyl (C=O) groups excluding carboxylic acids is 1. The van der Waals surface area contributed by atoms with E-state index < -0.39 is 11.6 Å². The fraction of sp³-hybridized carbons (Fsp3) is 0.417. The summed E-state index contributed by atoms with van der Waals surface area (Å²) >= 11 is 0. The van der Waals surface area contributed by atoms with Gasteiger partial charge in [-0.05, 0) is 12.1 Å². The van der Waals surface area contributed by atoms with Crippen LogP contribution in [0.1, 0.15) is 12.0 Å². The van der Waals surface area contributed by atoms with Gasteiger partial charge in [0.2, 0.25) is 5.67 Å². The SMILES string of the molecule is O=C(OCc1ccccc1)C1(F)CCNC1.[KH]. The fourth-order valence-electron chi connectivity index (χ4n) is 1.69. The average Bonchev–Trinajstić information content (AvgIpc) is 2.76. The molecule has 0 bridgehead atoms. The van der Waals surface area contributed by atoms with Gasteiger partial charge < -0.3 is 10.1 Å². The minimum atomic E-state index is -1.84.